The summed E-state index contributed by atoms with van der Waals surface area (Å²) in [7, 11) is 1.38. The number of nitrogens with zero attached hydrogens (tertiary/aromatic N) is 7. The van der Waals surface area contributed by atoms with Gasteiger partial charge in [-0.15, -0.1) is 32.9 Å². The zero-order valence-corrected chi connectivity index (χ0v) is 41.1. The van der Waals surface area contributed by atoms with E-state index in [0.29, 0.717) is 25.2 Å². The molecule has 0 aliphatic carbocycles. The average Bonchev–Trinajstić information content (AvgIpc) is 4.10. The van der Waals surface area contributed by atoms with Crippen molar-refractivity contribution in [3.8, 4) is 15.4 Å². The van der Waals surface area contributed by atoms with Crippen LogP contribution in [0.3, 0.4) is 0 Å². The Hall–Kier alpha value is -5.74. The molecule has 2 aromatic carbocycles. The summed E-state index contributed by atoms with van der Waals surface area (Å²) in [6.45, 7) is 18.0. The molecule has 14 nitrogen and oxygen atoms in total. The van der Waals surface area contributed by atoms with Crippen molar-refractivity contribution >= 4 is 57.8 Å². The van der Waals surface area contributed by atoms with Gasteiger partial charge in [-0.1, -0.05) is 57.2 Å². The maximum absolute atomic E-state index is 14.3. The van der Waals surface area contributed by atoms with E-state index in [1.807, 2.05) is 63.8 Å². The fraction of sp³-hybridized carbons (Fsp3) is 0.480. The third kappa shape index (κ3) is 9.57. The maximum Gasteiger partial charge on any atom is 0.308 e. The van der Waals surface area contributed by atoms with Gasteiger partial charge in [-0.05, 0) is 100 Å². The molecule has 2 N–H and O–H groups in total. The second-order valence-corrected chi connectivity index (χ2v) is 21.1. The number of rotatable bonds is 12. The molecule has 6 heterocycles. The van der Waals surface area contributed by atoms with Crippen LogP contribution in [0.25, 0.3) is 15.4 Å². The molecule has 3 aliphatic heterocycles. The Kier molecular flexibility index (Phi) is 13.6. The SMILES string of the molecule is COC(=O)C[C@@H]1N=C(c2ccc(N3CCC(CC(=O)NC(C(=O)N4CCC[C@H]4C(=O)N[C@@H](C)c4ccc(-c5scnc5C)cc4)C(C)(C)C)CC3)cc2)c2c(sc(C)c2C)-n2c(C)nnc21. The number of aromatic nitrogens is 4. The van der Waals surface area contributed by atoms with Crippen LogP contribution in [0.1, 0.15) is 123 Å². The first-order chi connectivity index (χ1) is 31.5. The van der Waals surface area contributed by atoms with E-state index >= 15 is 0 Å². The molecule has 5 aromatic rings. The Bertz CT molecular complexity index is 2630. The van der Waals surface area contributed by atoms with Crippen molar-refractivity contribution in [1.29, 1.82) is 0 Å². The molecule has 348 valence electrons. The summed E-state index contributed by atoms with van der Waals surface area (Å²) in [6, 6.07) is 14.4. The number of carbonyl (C=O) groups excluding carboxylic acids is 4. The predicted molar refractivity (Wildman–Crippen MR) is 259 cm³/mol. The molecule has 3 aromatic heterocycles. The first-order valence-electron chi connectivity index (χ1n) is 23.0. The molecular formula is C50H61N9O5S2. The molecule has 16 heteroatoms. The molecule has 8 rings (SSSR count). The van der Waals surface area contributed by atoms with E-state index in [2.05, 4.69) is 81.0 Å². The molecule has 1 unspecified atom stereocenters. The summed E-state index contributed by atoms with van der Waals surface area (Å²) < 4.78 is 7.08. The minimum absolute atomic E-state index is 0.0482. The number of nitrogens with one attached hydrogen (secondary N) is 2. The largest absolute Gasteiger partial charge is 0.469 e. The van der Waals surface area contributed by atoms with E-state index < -0.39 is 23.5 Å². The average molecular weight is 932 g/mol. The van der Waals surface area contributed by atoms with Crippen molar-refractivity contribution in [2.75, 3.05) is 31.6 Å². The number of likely N-dealkylation sites (tertiary alicyclic amines) is 1. The van der Waals surface area contributed by atoms with Crippen LogP contribution in [0.5, 0.6) is 0 Å². The third-order valence-corrected chi connectivity index (χ3v) is 15.6. The lowest BCUT2D eigenvalue weighted by Gasteiger charge is -2.36. The molecule has 3 amide bonds. The van der Waals surface area contributed by atoms with Crippen LogP contribution in [0, 0.1) is 39.0 Å². The van der Waals surface area contributed by atoms with Gasteiger partial charge in [0.2, 0.25) is 17.7 Å². The van der Waals surface area contributed by atoms with E-state index in [0.717, 1.165) is 93.0 Å². The molecule has 3 aliphatic rings. The second kappa shape index (κ2) is 19.2. The highest BCUT2D eigenvalue weighted by Crippen LogP contribution is 2.40. The zero-order chi connectivity index (χ0) is 47.0. The molecule has 0 spiro atoms. The number of aryl methyl sites for hydroxylation is 3. The quantitative estimate of drug-likeness (QED) is 0.118. The highest BCUT2D eigenvalue weighted by atomic mass is 32.1. The van der Waals surface area contributed by atoms with Gasteiger partial charge >= 0.3 is 5.97 Å². The number of anilines is 1. The van der Waals surface area contributed by atoms with Crippen LogP contribution < -0.4 is 15.5 Å². The molecule has 2 saturated heterocycles. The number of thiophene rings is 1. The van der Waals surface area contributed by atoms with Crippen LogP contribution >= 0.6 is 22.7 Å². The second-order valence-electron chi connectivity index (χ2n) is 19.0. The predicted octanol–water partition coefficient (Wildman–Crippen LogP) is 8.15. The van der Waals surface area contributed by atoms with E-state index in [1.54, 1.807) is 27.6 Å². The number of ether oxygens (including phenoxy) is 1. The normalized spacial score (nSPS) is 18.5. The van der Waals surface area contributed by atoms with Crippen LogP contribution in [0.15, 0.2) is 59.0 Å². The number of fused-ring (bicyclic) bond motifs is 3. The van der Waals surface area contributed by atoms with Gasteiger partial charge in [0.15, 0.2) is 5.82 Å². The van der Waals surface area contributed by atoms with Crippen molar-refractivity contribution in [2.24, 2.45) is 16.3 Å². The fourth-order valence-electron chi connectivity index (χ4n) is 9.49. The van der Waals surface area contributed by atoms with Crippen molar-refractivity contribution < 1.29 is 23.9 Å². The minimum Gasteiger partial charge on any atom is -0.469 e. The third-order valence-electron chi connectivity index (χ3n) is 13.5. The monoisotopic (exact) mass is 931 g/mol. The topological polar surface area (TPSA) is 164 Å². The number of methoxy groups -OCH3 is 1. The molecule has 66 heavy (non-hydrogen) atoms. The van der Waals surface area contributed by atoms with Gasteiger partial charge in [0.25, 0.3) is 0 Å². The van der Waals surface area contributed by atoms with Crippen molar-refractivity contribution in [3.05, 3.63) is 98.5 Å². The molecule has 4 atom stereocenters. The molecule has 0 bridgehead atoms. The molecule has 0 saturated carbocycles. The lowest BCUT2D eigenvalue weighted by atomic mass is 9.85. The van der Waals surface area contributed by atoms with Gasteiger partial charge in [-0.25, -0.2) is 4.98 Å². The number of aliphatic imine (C=N–C) groups is 1. The Morgan fingerprint density at radius 1 is 0.879 bits per heavy atom. The molecule has 0 radical (unpaired) electrons. The Labute approximate surface area is 395 Å². The number of amides is 3. The van der Waals surface area contributed by atoms with E-state index in [4.69, 9.17) is 9.73 Å². The van der Waals surface area contributed by atoms with Gasteiger partial charge in [-0.2, -0.15) is 0 Å². The van der Waals surface area contributed by atoms with Crippen molar-refractivity contribution in [1.82, 2.24) is 35.3 Å². The Morgan fingerprint density at radius 2 is 1.58 bits per heavy atom. The number of hydrogen-bond donors (Lipinski definition) is 2. The summed E-state index contributed by atoms with van der Waals surface area (Å²) >= 11 is 3.28. The number of piperidine rings is 1. The first kappa shape index (κ1) is 46.8. The number of esters is 1. The number of thiazole rings is 1. The van der Waals surface area contributed by atoms with Crippen LogP contribution in [0.4, 0.5) is 5.69 Å². The zero-order valence-electron chi connectivity index (χ0n) is 39.4. The molecule has 2 fully saturated rings. The summed E-state index contributed by atoms with van der Waals surface area (Å²) in [4.78, 5) is 70.3. The van der Waals surface area contributed by atoms with E-state index in [-0.39, 0.29) is 42.1 Å². The van der Waals surface area contributed by atoms with Gasteiger partial charge < -0.3 is 25.2 Å². The van der Waals surface area contributed by atoms with Crippen molar-refractivity contribution in [2.45, 2.75) is 118 Å². The summed E-state index contributed by atoms with van der Waals surface area (Å²) in [5.74, 6) is 0.631. The number of hydrogen-bond acceptors (Lipinski definition) is 12. The van der Waals surface area contributed by atoms with Gasteiger partial charge in [0, 0.05) is 47.7 Å². The first-order valence-corrected chi connectivity index (χ1v) is 24.6. The highest BCUT2D eigenvalue weighted by molar-refractivity contribution is 7.15. The standard InChI is InChI=1S/C50H61N9O5S2/c1-28-31(4)66-49-42(28)43(53-38(26-41(61)64-9)46-56-55-32(5)59(46)49)35-16-18-37(19-17-35)57-23-20-33(21-24-57)25-40(60)54-45(50(6,7)8)48(63)58-22-10-11-39(58)47(62)52-29(2)34-12-14-36(15-13-34)44-30(3)51-27-65-44/h12-19,27,29,33,38-39,45H,10-11,20-26H2,1-9H3,(H,52,62)(H,54,60)/t29-,38-,39-,45?/m0/s1. The van der Waals surface area contributed by atoms with Crippen LogP contribution in [-0.4, -0.2) is 92.9 Å². The fourth-order valence-corrected chi connectivity index (χ4v) is 11.5. The Morgan fingerprint density at radius 3 is 2.23 bits per heavy atom. The van der Waals surface area contributed by atoms with Crippen molar-refractivity contribution in [3.63, 3.8) is 0 Å². The van der Waals surface area contributed by atoms with Crippen LogP contribution in [0.2, 0.25) is 0 Å². The maximum atomic E-state index is 14.3. The minimum atomic E-state index is -0.772. The van der Waals surface area contributed by atoms with Gasteiger partial charge in [-0.3, -0.25) is 28.7 Å². The number of carbonyl (C=O) groups is 4. The lowest BCUT2D eigenvalue weighted by Crippen LogP contribution is -2.58. The number of benzene rings is 2. The van der Waals surface area contributed by atoms with Gasteiger partial charge in [0.1, 0.15) is 29.0 Å². The van der Waals surface area contributed by atoms with Gasteiger partial charge in [0.05, 0.1) is 41.4 Å². The van der Waals surface area contributed by atoms with Crippen LogP contribution in [-0.2, 0) is 23.9 Å². The highest BCUT2D eigenvalue weighted by Gasteiger charge is 2.42. The summed E-state index contributed by atoms with van der Waals surface area (Å²) in [5.41, 5.74) is 9.35. The Balaban J connectivity index is 0.878. The van der Waals surface area contributed by atoms with E-state index in [1.165, 1.54) is 12.0 Å². The summed E-state index contributed by atoms with van der Waals surface area (Å²) in [6.07, 6.45) is 3.34. The summed E-state index contributed by atoms with van der Waals surface area (Å²) in [5, 5.41) is 16.1. The smallest absolute Gasteiger partial charge is 0.308 e. The molecular weight excluding hydrogens is 871 g/mol. The lowest BCUT2D eigenvalue weighted by molar-refractivity contribution is -0.144. The van der Waals surface area contributed by atoms with E-state index in [9.17, 15) is 19.2 Å².